The van der Waals surface area contributed by atoms with E-state index >= 15 is 0 Å². The molecule has 1 aliphatic rings. The molecule has 3 aromatic carbocycles. The second-order valence-electron chi connectivity index (χ2n) is 8.05. The number of carbonyl (C=O) groups is 1. The minimum absolute atomic E-state index is 0.0890. The molecule has 0 fully saturated rings. The Morgan fingerprint density at radius 1 is 1.06 bits per heavy atom. The van der Waals surface area contributed by atoms with Crippen LogP contribution in [0.3, 0.4) is 0 Å². The smallest absolute Gasteiger partial charge is 0.269 e. The molecule has 0 radical (unpaired) electrons. The largest absolute Gasteiger partial charge is 0.497 e. The Morgan fingerprint density at radius 3 is 2.43 bits per heavy atom. The number of carbonyl (C=O) groups excluding carboxylic acids is 1. The maximum Gasteiger partial charge on any atom is 0.269 e. The molecule has 1 amide bonds. The quantitative estimate of drug-likeness (QED) is 0.281. The first kappa shape index (κ1) is 22.5. The third-order valence-corrected chi connectivity index (χ3v) is 6.48. The van der Waals surface area contributed by atoms with Crippen molar-refractivity contribution in [2.45, 2.75) is 18.5 Å². The summed E-state index contributed by atoms with van der Waals surface area (Å²) in [6.45, 7) is 0. The molecule has 0 saturated carbocycles. The maximum absolute atomic E-state index is 13.8. The number of non-ortho nitro benzene ring substituents is 1. The van der Waals surface area contributed by atoms with Crippen LogP contribution in [0.1, 0.15) is 40.0 Å². The minimum Gasteiger partial charge on any atom is -0.497 e. The zero-order valence-electron chi connectivity index (χ0n) is 18.6. The lowest BCUT2D eigenvalue weighted by Gasteiger charge is -2.39. The number of aromatic nitrogens is 3. The molecule has 176 valence electrons. The fraction of sp³-hybridized carbons (Fsp3) is 0.160. The summed E-state index contributed by atoms with van der Waals surface area (Å²) >= 11 is 6.55. The highest BCUT2D eigenvalue weighted by atomic mass is 35.5. The summed E-state index contributed by atoms with van der Waals surface area (Å²) in [4.78, 5) is 30.4. The molecule has 2 heterocycles. The highest BCUT2D eigenvalue weighted by molar-refractivity contribution is 6.31. The van der Waals surface area contributed by atoms with E-state index in [9.17, 15) is 14.9 Å². The summed E-state index contributed by atoms with van der Waals surface area (Å²) < 4.78 is 7.00. The third-order valence-electron chi connectivity index (χ3n) is 6.13. The summed E-state index contributed by atoms with van der Waals surface area (Å²) in [6, 6.07) is 19.9. The number of nitro benzene ring substituents is 1. The van der Waals surface area contributed by atoms with E-state index in [2.05, 4.69) is 10.1 Å². The third kappa shape index (κ3) is 4.10. The van der Waals surface area contributed by atoms with Gasteiger partial charge in [0, 0.05) is 22.7 Å². The van der Waals surface area contributed by atoms with Crippen LogP contribution in [-0.2, 0) is 0 Å². The van der Waals surface area contributed by atoms with Gasteiger partial charge in [0.1, 0.15) is 12.1 Å². The number of halogens is 1. The molecule has 4 aromatic rings. The fourth-order valence-corrected chi connectivity index (χ4v) is 4.67. The zero-order chi connectivity index (χ0) is 24.5. The average molecular weight is 490 g/mol. The molecule has 1 aromatic heterocycles. The second-order valence-corrected chi connectivity index (χ2v) is 8.45. The Kier molecular flexibility index (Phi) is 5.92. The van der Waals surface area contributed by atoms with Gasteiger partial charge in [-0.05, 0) is 47.9 Å². The Bertz CT molecular complexity index is 1390. The molecule has 9 nitrogen and oxygen atoms in total. The number of anilines is 1. The van der Waals surface area contributed by atoms with E-state index in [0.717, 1.165) is 11.1 Å². The maximum atomic E-state index is 13.8. The number of methoxy groups -OCH3 is 1. The molecule has 0 aliphatic carbocycles. The highest BCUT2D eigenvalue weighted by Crippen LogP contribution is 2.44. The molecule has 10 heteroatoms. The lowest BCUT2D eigenvalue weighted by molar-refractivity contribution is -0.384. The van der Waals surface area contributed by atoms with Crippen LogP contribution in [0.4, 0.5) is 11.6 Å². The van der Waals surface area contributed by atoms with Gasteiger partial charge in [-0.2, -0.15) is 10.1 Å². The Morgan fingerprint density at radius 2 is 1.77 bits per heavy atom. The van der Waals surface area contributed by atoms with Gasteiger partial charge in [0.05, 0.1) is 24.1 Å². The number of ether oxygens (including phenoxy) is 1. The Hall–Kier alpha value is -4.24. The topological polar surface area (TPSA) is 103 Å². The van der Waals surface area contributed by atoms with Gasteiger partial charge in [-0.25, -0.2) is 4.68 Å². The number of amides is 1. The van der Waals surface area contributed by atoms with E-state index in [0.29, 0.717) is 28.7 Å². The monoisotopic (exact) mass is 489 g/mol. The lowest BCUT2D eigenvalue weighted by atomic mass is 9.91. The van der Waals surface area contributed by atoms with E-state index in [1.807, 2.05) is 48.5 Å². The number of rotatable bonds is 5. The molecule has 0 N–H and O–H groups in total. The standard InChI is InChI=1S/C25H20ClN5O4/c1-35-19-12-8-16(9-13-19)22-14-23(20-4-2-3-5-21(20)26)30-25(27-15-28-30)29(22)24(32)17-6-10-18(11-7-17)31(33)34/h2-13,15,22-23H,14H2,1H3. The summed E-state index contributed by atoms with van der Waals surface area (Å²) in [7, 11) is 1.59. The van der Waals surface area contributed by atoms with Crippen molar-refractivity contribution >= 4 is 29.1 Å². The zero-order valence-corrected chi connectivity index (χ0v) is 19.4. The molecule has 0 spiro atoms. The van der Waals surface area contributed by atoms with Crippen LogP contribution in [0.15, 0.2) is 79.1 Å². The number of benzene rings is 3. The summed E-state index contributed by atoms with van der Waals surface area (Å²) in [5, 5.41) is 16.1. The number of fused-ring (bicyclic) bond motifs is 1. The highest BCUT2D eigenvalue weighted by Gasteiger charge is 2.40. The average Bonchev–Trinajstić information content (AvgIpc) is 3.38. The normalized spacial score (nSPS) is 17.0. The molecule has 1 aliphatic heterocycles. The van der Waals surface area contributed by atoms with Crippen LogP contribution in [-0.4, -0.2) is 32.7 Å². The summed E-state index contributed by atoms with van der Waals surface area (Å²) in [5.41, 5.74) is 1.97. The molecule has 2 unspecified atom stereocenters. The van der Waals surface area contributed by atoms with Crippen LogP contribution in [0.25, 0.3) is 0 Å². The van der Waals surface area contributed by atoms with Crippen LogP contribution in [0, 0.1) is 10.1 Å². The van der Waals surface area contributed by atoms with Crippen molar-refractivity contribution in [1.29, 1.82) is 0 Å². The van der Waals surface area contributed by atoms with E-state index < -0.39 is 11.0 Å². The number of nitrogens with zero attached hydrogens (tertiary/aromatic N) is 5. The van der Waals surface area contributed by atoms with Crippen LogP contribution >= 0.6 is 11.6 Å². The van der Waals surface area contributed by atoms with Gasteiger partial charge in [0.15, 0.2) is 0 Å². The van der Waals surface area contributed by atoms with Crippen molar-refractivity contribution in [1.82, 2.24) is 14.8 Å². The van der Waals surface area contributed by atoms with Gasteiger partial charge in [-0.1, -0.05) is 41.9 Å². The molecular weight excluding hydrogens is 470 g/mol. The van der Waals surface area contributed by atoms with Crippen LogP contribution in [0.5, 0.6) is 5.75 Å². The first-order valence-corrected chi connectivity index (χ1v) is 11.2. The molecule has 0 saturated heterocycles. The van der Waals surface area contributed by atoms with E-state index in [1.165, 1.54) is 30.6 Å². The van der Waals surface area contributed by atoms with Crippen LogP contribution in [0.2, 0.25) is 5.02 Å². The van der Waals surface area contributed by atoms with Gasteiger partial charge in [0.25, 0.3) is 11.6 Å². The fourth-order valence-electron chi connectivity index (χ4n) is 4.40. The first-order valence-electron chi connectivity index (χ1n) is 10.8. The predicted molar refractivity (Wildman–Crippen MR) is 130 cm³/mol. The van der Waals surface area contributed by atoms with Crippen molar-refractivity contribution in [3.63, 3.8) is 0 Å². The van der Waals surface area contributed by atoms with Gasteiger partial charge in [-0.15, -0.1) is 0 Å². The lowest BCUT2D eigenvalue weighted by Crippen LogP contribution is -2.42. The van der Waals surface area contributed by atoms with Gasteiger partial charge < -0.3 is 4.74 Å². The molecular formula is C25H20ClN5O4. The van der Waals surface area contributed by atoms with Gasteiger partial charge in [0.2, 0.25) is 5.95 Å². The molecule has 0 bridgehead atoms. The predicted octanol–water partition coefficient (Wildman–Crippen LogP) is 5.23. The van der Waals surface area contributed by atoms with E-state index in [-0.39, 0.29) is 17.6 Å². The van der Waals surface area contributed by atoms with Crippen LogP contribution < -0.4 is 9.64 Å². The number of hydrogen-bond acceptors (Lipinski definition) is 6. The van der Waals surface area contributed by atoms with Gasteiger partial charge >= 0.3 is 0 Å². The van der Waals surface area contributed by atoms with Crippen molar-refractivity contribution < 1.29 is 14.5 Å². The second kappa shape index (κ2) is 9.19. The first-order chi connectivity index (χ1) is 17.0. The molecule has 35 heavy (non-hydrogen) atoms. The Balaban J connectivity index is 1.63. The number of nitro groups is 1. The van der Waals surface area contributed by atoms with Crippen molar-refractivity contribution in [3.8, 4) is 5.75 Å². The number of hydrogen-bond donors (Lipinski definition) is 0. The Labute approximate surface area is 205 Å². The van der Waals surface area contributed by atoms with Gasteiger partial charge in [-0.3, -0.25) is 19.8 Å². The SMILES string of the molecule is COc1ccc(C2CC(c3ccccc3Cl)n3ncnc3N2C(=O)c2ccc([N+](=O)[O-])cc2)cc1. The van der Waals surface area contributed by atoms with Crippen molar-refractivity contribution in [2.75, 3.05) is 12.0 Å². The summed E-state index contributed by atoms with van der Waals surface area (Å²) in [5.74, 6) is 0.724. The summed E-state index contributed by atoms with van der Waals surface area (Å²) in [6.07, 6.45) is 1.90. The minimum atomic E-state index is -0.500. The molecule has 2 atom stereocenters. The van der Waals surface area contributed by atoms with Crippen molar-refractivity contribution in [3.05, 3.63) is 111 Å². The van der Waals surface area contributed by atoms with Crippen molar-refractivity contribution in [2.24, 2.45) is 0 Å². The van der Waals surface area contributed by atoms with E-state index in [4.69, 9.17) is 16.3 Å². The van der Waals surface area contributed by atoms with E-state index in [1.54, 1.807) is 16.7 Å². The molecule has 5 rings (SSSR count).